The molecule has 0 bridgehead atoms. The molecule has 0 aromatic heterocycles. The summed E-state index contributed by atoms with van der Waals surface area (Å²) in [5, 5.41) is 23.8. The Balaban J connectivity index is 2.23. The van der Waals surface area contributed by atoms with E-state index in [2.05, 4.69) is 5.32 Å². The molecule has 0 amide bonds. The zero-order valence-electron chi connectivity index (χ0n) is 11.7. The summed E-state index contributed by atoms with van der Waals surface area (Å²) in [7, 11) is 1.55. The van der Waals surface area contributed by atoms with Crippen molar-refractivity contribution in [2.24, 2.45) is 0 Å². The third-order valence-corrected chi connectivity index (χ3v) is 3.14. The van der Waals surface area contributed by atoms with E-state index >= 15 is 0 Å². The summed E-state index contributed by atoms with van der Waals surface area (Å²) in [4.78, 5) is 10.3. The normalized spacial score (nSPS) is 11.7. The molecule has 2 rings (SSSR count). The number of nitro groups is 1. The molecule has 0 aliphatic heterocycles. The van der Waals surface area contributed by atoms with Gasteiger partial charge in [-0.2, -0.15) is 0 Å². The van der Waals surface area contributed by atoms with Gasteiger partial charge in [-0.25, -0.2) is 0 Å². The number of hydrogen-bond donors (Lipinski definition) is 2. The molecule has 0 radical (unpaired) electrons. The highest BCUT2D eigenvalue weighted by molar-refractivity contribution is 5.53. The Morgan fingerprint density at radius 2 is 2.05 bits per heavy atom. The molecule has 0 aliphatic carbocycles. The molecule has 6 heteroatoms. The van der Waals surface area contributed by atoms with Crippen molar-refractivity contribution in [2.75, 3.05) is 12.4 Å². The number of hydrogen-bond acceptors (Lipinski definition) is 5. The highest BCUT2D eigenvalue weighted by Gasteiger charge is 2.13. The summed E-state index contributed by atoms with van der Waals surface area (Å²) in [6, 6.07) is 10.9. The van der Waals surface area contributed by atoms with Crippen molar-refractivity contribution in [1.29, 1.82) is 0 Å². The fourth-order valence-electron chi connectivity index (χ4n) is 2.04. The summed E-state index contributed by atoms with van der Waals surface area (Å²) in [5.74, 6) is 0.775. The molecule has 0 saturated heterocycles. The highest BCUT2D eigenvalue weighted by Crippen LogP contribution is 2.31. The lowest BCUT2D eigenvalue weighted by Gasteiger charge is -2.17. The summed E-state index contributed by atoms with van der Waals surface area (Å²) in [6.45, 7) is 1.85. The van der Waals surface area contributed by atoms with E-state index < -0.39 is 4.92 Å². The molecule has 2 N–H and O–H groups in total. The molecule has 0 saturated carbocycles. The maximum Gasteiger partial charge on any atom is 0.271 e. The molecule has 2 aromatic rings. The van der Waals surface area contributed by atoms with Crippen LogP contribution in [0.5, 0.6) is 11.5 Å². The molecular weight excluding hydrogens is 272 g/mol. The van der Waals surface area contributed by atoms with Gasteiger partial charge in [-0.05, 0) is 31.2 Å². The molecular formula is C15H16N2O4. The van der Waals surface area contributed by atoms with E-state index in [4.69, 9.17) is 4.74 Å². The van der Waals surface area contributed by atoms with Gasteiger partial charge in [0.15, 0.2) is 0 Å². The van der Waals surface area contributed by atoms with Crippen LogP contribution < -0.4 is 10.1 Å². The van der Waals surface area contributed by atoms with Crippen LogP contribution in [-0.2, 0) is 0 Å². The van der Waals surface area contributed by atoms with E-state index in [1.807, 2.05) is 6.92 Å². The largest absolute Gasteiger partial charge is 0.508 e. The topological polar surface area (TPSA) is 84.6 Å². The van der Waals surface area contributed by atoms with E-state index in [-0.39, 0.29) is 17.5 Å². The number of non-ortho nitro benzene ring substituents is 1. The first-order valence-corrected chi connectivity index (χ1v) is 6.39. The molecule has 6 nitrogen and oxygen atoms in total. The second-order valence-corrected chi connectivity index (χ2v) is 4.60. The van der Waals surface area contributed by atoms with E-state index in [1.165, 1.54) is 12.1 Å². The van der Waals surface area contributed by atoms with Gasteiger partial charge in [0.05, 0.1) is 18.1 Å². The predicted molar refractivity (Wildman–Crippen MR) is 79.8 cm³/mol. The molecule has 0 fully saturated rings. The van der Waals surface area contributed by atoms with Gasteiger partial charge in [0.2, 0.25) is 0 Å². The van der Waals surface area contributed by atoms with Crippen LogP contribution in [-0.4, -0.2) is 17.1 Å². The molecule has 1 atom stereocenters. The molecule has 0 spiro atoms. The number of anilines is 1. The minimum Gasteiger partial charge on any atom is -0.508 e. The first kappa shape index (κ1) is 14.6. The van der Waals surface area contributed by atoms with Gasteiger partial charge < -0.3 is 15.2 Å². The molecule has 110 valence electrons. The Labute approximate surface area is 122 Å². The van der Waals surface area contributed by atoms with Gasteiger partial charge in [0.1, 0.15) is 11.5 Å². The minimum absolute atomic E-state index is 0.0158. The lowest BCUT2D eigenvalue weighted by molar-refractivity contribution is -0.384. The third kappa shape index (κ3) is 3.42. The lowest BCUT2D eigenvalue weighted by atomic mass is 10.1. The fraction of sp³-hybridized carbons (Fsp3) is 0.200. The van der Waals surface area contributed by atoms with Gasteiger partial charge in [-0.15, -0.1) is 0 Å². The van der Waals surface area contributed by atoms with Crippen LogP contribution in [0.1, 0.15) is 18.5 Å². The van der Waals surface area contributed by atoms with Crippen molar-refractivity contribution in [3.8, 4) is 11.5 Å². The molecule has 0 heterocycles. The summed E-state index contributed by atoms with van der Waals surface area (Å²) in [5.41, 5.74) is 1.28. The van der Waals surface area contributed by atoms with Crippen molar-refractivity contribution in [3.05, 3.63) is 58.1 Å². The lowest BCUT2D eigenvalue weighted by Crippen LogP contribution is -2.07. The van der Waals surface area contributed by atoms with E-state index in [0.29, 0.717) is 17.0 Å². The maximum absolute atomic E-state index is 10.8. The fourth-order valence-corrected chi connectivity index (χ4v) is 2.04. The van der Waals surface area contributed by atoms with Crippen molar-refractivity contribution in [3.63, 3.8) is 0 Å². The van der Waals surface area contributed by atoms with E-state index in [0.717, 1.165) is 0 Å². The van der Waals surface area contributed by atoms with Crippen molar-refractivity contribution >= 4 is 11.4 Å². The van der Waals surface area contributed by atoms with Crippen LogP contribution in [0.3, 0.4) is 0 Å². The molecule has 2 aromatic carbocycles. The standard InChI is InChI=1S/C15H16N2O4/c1-10(14-9-13(21-2)6-7-15(14)18)16-11-4-3-5-12(8-11)17(19)20/h3-10,16,18H,1-2H3. The smallest absolute Gasteiger partial charge is 0.271 e. The average Bonchev–Trinajstić information content (AvgIpc) is 2.48. The first-order chi connectivity index (χ1) is 10.0. The van der Waals surface area contributed by atoms with E-state index in [1.54, 1.807) is 37.4 Å². The number of phenolic OH excluding ortho intramolecular Hbond substituents is 1. The van der Waals surface area contributed by atoms with Crippen molar-refractivity contribution in [1.82, 2.24) is 0 Å². The van der Waals surface area contributed by atoms with Crippen molar-refractivity contribution in [2.45, 2.75) is 13.0 Å². The van der Waals surface area contributed by atoms with Gasteiger partial charge in [-0.3, -0.25) is 10.1 Å². The number of methoxy groups -OCH3 is 1. The van der Waals surface area contributed by atoms with Crippen LogP contribution in [0.4, 0.5) is 11.4 Å². The first-order valence-electron chi connectivity index (χ1n) is 6.39. The minimum atomic E-state index is -0.446. The number of aromatic hydroxyl groups is 1. The monoisotopic (exact) mass is 288 g/mol. The number of benzene rings is 2. The van der Waals surface area contributed by atoms with Gasteiger partial charge in [0.25, 0.3) is 5.69 Å². The van der Waals surface area contributed by atoms with Gasteiger partial charge >= 0.3 is 0 Å². The number of nitrogens with one attached hydrogen (secondary N) is 1. The zero-order valence-corrected chi connectivity index (χ0v) is 11.7. The number of ether oxygens (including phenoxy) is 1. The summed E-state index contributed by atoms with van der Waals surface area (Å²) >= 11 is 0. The van der Waals surface area contributed by atoms with Crippen LogP contribution in [0, 0.1) is 10.1 Å². The summed E-state index contributed by atoms with van der Waals surface area (Å²) in [6.07, 6.45) is 0. The van der Waals surface area contributed by atoms with Crippen LogP contribution >= 0.6 is 0 Å². The van der Waals surface area contributed by atoms with Gasteiger partial charge in [0, 0.05) is 23.4 Å². The van der Waals surface area contributed by atoms with Crippen LogP contribution in [0.2, 0.25) is 0 Å². The Bertz CT molecular complexity index is 658. The Morgan fingerprint density at radius 3 is 2.71 bits per heavy atom. The number of nitro benzene ring substituents is 1. The summed E-state index contributed by atoms with van der Waals surface area (Å²) < 4.78 is 5.13. The zero-order chi connectivity index (χ0) is 15.4. The van der Waals surface area contributed by atoms with Crippen molar-refractivity contribution < 1.29 is 14.8 Å². The molecule has 1 unspecified atom stereocenters. The number of phenols is 1. The number of nitrogens with zero attached hydrogens (tertiary/aromatic N) is 1. The Morgan fingerprint density at radius 1 is 1.29 bits per heavy atom. The highest BCUT2D eigenvalue weighted by atomic mass is 16.6. The predicted octanol–water partition coefficient (Wildman–Crippen LogP) is 3.48. The average molecular weight is 288 g/mol. The van der Waals surface area contributed by atoms with Gasteiger partial charge in [-0.1, -0.05) is 6.07 Å². The van der Waals surface area contributed by atoms with Crippen LogP contribution in [0.15, 0.2) is 42.5 Å². The Hall–Kier alpha value is -2.76. The Kier molecular flexibility index (Phi) is 4.27. The second-order valence-electron chi connectivity index (χ2n) is 4.60. The molecule has 21 heavy (non-hydrogen) atoms. The van der Waals surface area contributed by atoms with Crippen LogP contribution in [0.25, 0.3) is 0 Å². The SMILES string of the molecule is COc1ccc(O)c(C(C)Nc2cccc([N+](=O)[O-])c2)c1. The third-order valence-electron chi connectivity index (χ3n) is 3.14. The molecule has 0 aliphatic rings. The maximum atomic E-state index is 10.8. The quantitative estimate of drug-likeness (QED) is 0.650. The second kappa shape index (κ2) is 6.13. The number of rotatable bonds is 5. The van der Waals surface area contributed by atoms with E-state index in [9.17, 15) is 15.2 Å².